The molecule has 1 fully saturated rings. The molecule has 0 radical (unpaired) electrons. The number of rotatable bonds is 5. The van der Waals surface area contributed by atoms with Crippen LogP contribution in [0.15, 0.2) is 35.7 Å². The summed E-state index contributed by atoms with van der Waals surface area (Å²) in [5.74, 6) is 0.988. The van der Waals surface area contributed by atoms with Crippen molar-refractivity contribution in [1.82, 2.24) is 4.98 Å². The lowest BCUT2D eigenvalue weighted by Gasteiger charge is -2.06. The molecule has 1 aromatic heterocycles. The molecule has 1 aliphatic carbocycles. The molecule has 1 aliphatic rings. The average Bonchev–Trinajstić information content (AvgIpc) is 3.11. The Balaban J connectivity index is 1.61. The molecule has 3 heteroatoms. The van der Waals surface area contributed by atoms with Crippen LogP contribution < -0.4 is 0 Å². The minimum Gasteiger partial charge on any atom is -0.299 e. The fraction of sp³-hybridized carbons (Fsp3) is 0.412. The predicted octanol–water partition coefficient (Wildman–Crippen LogP) is 4.50. The lowest BCUT2D eigenvalue weighted by Crippen LogP contribution is -2.08. The molecule has 0 amide bonds. The van der Waals surface area contributed by atoms with Crippen LogP contribution in [0.2, 0.25) is 0 Å². The zero-order valence-corrected chi connectivity index (χ0v) is 12.4. The Bertz CT molecular complexity index is 570. The Labute approximate surface area is 123 Å². The van der Waals surface area contributed by atoms with E-state index in [0.29, 0.717) is 18.1 Å². The van der Waals surface area contributed by atoms with Crippen molar-refractivity contribution in [3.8, 4) is 11.3 Å². The van der Waals surface area contributed by atoms with E-state index in [-0.39, 0.29) is 0 Å². The number of Topliss-reactive ketones (excluding diaryl/α,β-unsaturated/α-hetero) is 1. The maximum absolute atomic E-state index is 12.1. The van der Waals surface area contributed by atoms with Crippen LogP contribution in [0.25, 0.3) is 11.3 Å². The van der Waals surface area contributed by atoms with E-state index in [4.69, 9.17) is 0 Å². The lowest BCUT2D eigenvalue weighted by molar-refractivity contribution is -0.119. The van der Waals surface area contributed by atoms with Crippen LogP contribution in [0, 0.1) is 5.92 Å². The summed E-state index contributed by atoms with van der Waals surface area (Å²) in [5.41, 5.74) is 2.11. The van der Waals surface area contributed by atoms with Gasteiger partial charge in [-0.15, -0.1) is 11.3 Å². The molecule has 104 valence electrons. The van der Waals surface area contributed by atoms with Crippen molar-refractivity contribution in [2.75, 3.05) is 0 Å². The minimum atomic E-state index is 0.353. The number of carbonyl (C=O) groups excluding carboxylic acids is 1. The van der Waals surface area contributed by atoms with Crippen molar-refractivity contribution in [2.45, 2.75) is 38.5 Å². The molecule has 0 unspecified atom stereocenters. The standard InChI is InChI=1S/C17H19NOS/c19-15(10-13-6-4-5-7-13)11-17-18-16(12-20-17)14-8-2-1-3-9-14/h1-3,8-9,12-13H,4-7,10-11H2. The summed E-state index contributed by atoms with van der Waals surface area (Å²) in [7, 11) is 0. The number of ketones is 1. The first-order valence-electron chi connectivity index (χ1n) is 7.33. The third kappa shape index (κ3) is 3.34. The summed E-state index contributed by atoms with van der Waals surface area (Å²) in [4.78, 5) is 16.7. The molecule has 3 rings (SSSR count). The van der Waals surface area contributed by atoms with Gasteiger partial charge in [0, 0.05) is 17.4 Å². The maximum Gasteiger partial charge on any atom is 0.139 e. The Hall–Kier alpha value is -1.48. The number of hydrogen-bond donors (Lipinski definition) is 0. The number of benzene rings is 1. The highest BCUT2D eigenvalue weighted by molar-refractivity contribution is 7.10. The number of carbonyl (C=O) groups is 1. The molecule has 1 saturated carbocycles. The minimum absolute atomic E-state index is 0.353. The van der Waals surface area contributed by atoms with E-state index in [2.05, 4.69) is 17.1 Å². The first kappa shape index (κ1) is 13.5. The normalized spacial score (nSPS) is 15.6. The van der Waals surface area contributed by atoms with Crippen LogP contribution in [0.4, 0.5) is 0 Å². The zero-order valence-electron chi connectivity index (χ0n) is 11.5. The monoisotopic (exact) mass is 285 g/mol. The fourth-order valence-electron chi connectivity index (χ4n) is 2.91. The molecule has 0 spiro atoms. The molecule has 0 bridgehead atoms. The van der Waals surface area contributed by atoms with Gasteiger partial charge in [0.05, 0.1) is 12.1 Å². The molecule has 0 atom stereocenters. The molecule has 0 N–H and O–H groups in total. The van der Waals surface area contributed by atoms with Crippen molar-refractivity contribution < 1.29 is 4.79 Å². The summed E-state index contributed by atoms with van der Waals surface area (Å²) >= 11 is 1.60. The van der Waals surface area contributed by atoms with Gasteiger partial charge in [-0.2, -0.15) is 0 Å². The molecule has 20 heavy (non-hydrogen) atoms. The van der Waals surface area contributed by atoms with E-state index in [1.807, 2.05) is 23.6 Å². The van der Waals surface area contributed by atoms with E-state index < -0.39 is 0 Å². The summed E-state index contributed by atoms with van der Waals surface area (Å²) in [6.07, 6.45) is 6.33. The van der Waals surface area contributed by atoms with Gasteiger partial charge in [0.15, 0.2) is 0 Å². The molecule has 2 nitrogen and oxygen atoms in total. The Morgan fingerprint density at radius 1 is 1.20 bits per heavy atom. The van der Waals surface area contributed by atoms with Crippen LogP contribution in [-0.4, -0.2) is 10.8 Å². The van der Waals surface area contributed by atoms with E-state index in [9.17, 15) is 4.79 Å². The molecule has 0 saturated heterocycles. The quantitative estimate of drug-likeness (QED) is 0.809. The molecular weight excluding hydrogens is 266 g/mol. The van der Waals surface area contributed by atoms with E-state index in [1.165, 1.54) is 25.7 Å². The van der Waals surface area contributed by atoms with Crippen LogP contribution >= 0.6 is 11.3 Å². The van der Waals surface area contributed by atoms with Gasteiger partial charge in [0.1, 0.15) is 10.8 Å². The molecule has 0 aliphatic heterocycles. The summed E-state index contributed by atoms with van der Waals surface area (Å²) < 4.78 is 0. The van der Waals surface area contributed by atoms with Crippen molar-refractivity contribution >= 4 is 17.1 Å². The SMILES string of the molecule is O=C(Cc1nc(-c2ccccc2)cs1)CC1CCCC1. The van der Waals surface area contributed by atoms with Crippen LogP contribution in [-0.2, 0) is 11.2 Å². The van der Waals surface area contributed by atoms with Gasteiger partial charge in [-0.05, 0) is 5.92 Å². The second kappa shape index (κ2) is 6.31. The van der Waals surface area contributed by atoms with Crippen LogP contribution in [0.1, 0.15) is 37.1 Å². The molecular formula is C17H19NOS. The topological polar surface area (TPSA) is 30.0 Å². The van der Waals surface area contributed by atoms with Gasteiger partial charge in [0.25, 0.3) is 0 Å². The van der Waals surface area contributed by atoms with Crippen molar-refractivity contribution in [3.05, 3.63) is 40.7 Å². The van der Waals surface area contributed by atoms with E-state index >= 15 is 0 Å². The van der Waals surface area contributed by atoms with Crippen molar-refractivity contribution in [2.24, 2.45) is 5.92 Å². The highest BCUT2D eigenvalue weighted by atomic mass is 32.1. The average molecular weight is 285 g/mol. The first-order chi connectivity index (χ1) is 9.81. The Morgan fingerprint density at radius 3 is 2.70 bits per heavy atom. The molecule has 1 aromatic carbocycles. The second-order valence-electron chi connectivity index (χ2n) is 5.56. The number of aromatic nitrogens is 1. The van der Waals surface area contributed by atoms with Gasteiger partial charge in [-0.1, -0.05) is 56.0 Å². The Kier molecular flexibility index (Phi) is 4.26. The van der Waals surface area contributed by atoms with Crippen LogP contribution in [0.3, 0.4) is 0 Å². The van der Waals surface area contributed by atoms with Gasteiger partial charge in [-0.25, -0.2) is 4.98 Å². The Morgan fingerprint density at radius 2 is 1.95 bits per heavy atom. The first-order valence-corrected chi connectivity index (χ1v) is 8.21. The van der Waals surface area contributed by atoms with E-state index in [0.717, 1.165) is 22.7 Å². The van der Waals surface area contributed by atoms with Gasteiger partial charge in [-0.3, -0.25) is 4.79 Å². The maximum atomic E-state index is 12.1. The van der Waals surface area contributed by atoms with E-state index in [1.54, 1.807) is 11.3 Å². The van der Waals surface area contributed by atoms with Gasteiger partial charge >= 0.3 is 0 Å². The predicted molar refractivity (Wildman–Crippen MR) is 82.8 cm³/mol. The fourth-order valence-corrected chi connectivity index (χ4v) is 3.74. The molecule has 1 heterocycles. The number of nitrogens with zero attached hydrogens (tertiary/aromatic N) is 1. The third-order valence-electron chi connectivity index (χ3n) is 3.96. The highest BCUT2D eigenvalue weighted by Crippen LogP contribution is 2.28. The number of hydrogen-bond acceptors (Lipinski definition) is 3. The van der Waals surface area contributed by atoms with Crippen LogP contribution in [0.5, 0.6) is 0 Å². The van der Waals surface area contributed by atoms with Crippen molar-refractivity contribution in [3.63, 3.8) is 0 Å². The highest BCUT2D eigenvalue weighted by Gasteiger charge is 2.19. The molecule has 2 aromatic rings. The third-order valence-corrected chi connectivity index (χ3v) is 4.81. The van der Waals surface area contributed by atoms with Gasteiger partial charge < -0.3 is 0 Å². The number of thiazole rings is 1. The smallest absolute Gasteiger partial charge is 0.139 e. The second-order valence-corrected chi connectivity index (χ2v) is 6.51. The zero-order chi connectivity index (χ0) is 13.8. The lowest BCUT2D eigenvalue weighted by atomic mass is 10.00. The van der Waals surface area contributed by atoms with Crippen molar-refractivity contribution in [1.29, 1.82) is 0 Å². The largest absolute Gasteiger partial charge is 0.299 e. The van der Waals surface area contributed by atoms with Gasteiger partial charge in [0.2, 0.25) is 0 Å². The summed E-state index contributed by atoms with van der Waals surface area (Å²) in [6, 6.07) is 10.1. The summed E-state index contributed by atoms with van der Waals surface area (Å²) in [6.45, 7) is 0. The summed E-state index contributed by atoms with van der Waals surface area (Å²) in [5, 5.41) is 3.00.